The molecule has 3 nitrogen and oxygen atoms in total. The van der Waals surface area contributed by atoms with Gasteiger partial charge >= 0.3 is 0 Å². The van der Waals surface area contributed by atoms with Crippen LogP contribution in [-0.2, 0) is 15.0 Å². The van der Waals surface area contributed by atoms with Crippen molar-refractivity contribution in [2.75, 3.05) is 5.32 Å². The quantitative estimate of drug-likeness (QED) is 0.859. The van der Waals surface area contributed by atoms with Gasteiger partial charge in [0.05, 0.1) is 5.41 Å². The van der Waals surface area contributed by atoms with Crippen molar-refractivity contribution in [3.8, 4) is 0 Å². The van der Waals surface area contributed by atoms with Crippen molar-refractivity contribution in [3.63, 3.8) is 0 Å². The van der Waals surface area contributed by atoms with Gasteiger partial charge in [0.2, 0.25) is 5.91 Å². The van der Waals surface area contributed by atoms with E-state index in [1.54, 1.807) is 11.3 Å². The average Bonchev–Trinajstić information content (AvgIpc) is 3.21. The SMILES string of the molecule is C[C@@]1([C@H](CC2=CC(=O)CCC2)c2ccsc2)C(=O)Nc2ccccc21. The van der Waals surface area contributed by atoms with Gasteiger partial charge in [-0.25, -0.2) is 0 Å². The van der Waals surface area contributed by atoms with Crippen LogP contribution >= 0.6 is 11.3 Å². The van der Waals surface area contributed by atoms with Crippen LogP contribution in [0, 0.1) is 0 Å². The number of allylic oxidation sites excluding steroid dienone is 2. The second kappa shape index (κ2) is 6.26. The highest BCUT2D eigenvalue weighted by atomic mass is 32.1. The van der Waals surface area contributed by atoms with Gasteiger partial charge in [-0.2, -0.15) is 11.3 Å². The number of anilines is 1. The zero-order valence-corrected chi connectivity index (χ0v) is 15.1. The fraction of sp³-hybridized carbons (Fsp3) is 0.333. The minimum Gasteiger partial charge on any atom is -0.325 e. The molecule has 128 valence electrons. The van der Waals surface area contributed by atoms with Crippen LogP contribution in [0.1, 0.15) is 49.7 Å². The van der Waals surface area contributed by atoms with Gasteiger partial charge in [0.1, 0.15) is 0 Å². The molecule has 4 rings (SSSR count). The molecule has 0 unspecified atom stereocenters. The third-order valence-corrected chi connectivity index (χ3v) is 6.30. The molecule has 1 aliphatic carbocycles. The molecule has 1 N–H and O–H groups in total. The first-order valence-electron chi connectivity index (χ1n) is 8.74. The summed E-state index contributed by atoms with van der Waals surface area (Å²) in [6, 6.07) is 10.1. The van der Waals surface area contributed by atoms with Crippen molar-refractivity contribution < 1.29 is 9.59 Å². The van der Waals surface area contributed by atoms with Crippen LogP contribution in [0.2, 0.25) is 0 Å². The van der Waals surface area contributed by atoms with E-state index >= 15 is 0 Å². The maximum atomic E-state index is 13.0. The maximum absolute atomic E-state index is 13.0. The molecular weight excluding hydrogens is 330 g/mol. The Kier molecular flexibility index (Phi) is 4.08. The third kappa shape index (κ3) is 2.74. The van der Waals surface area contributed by atoms with E-state index in [-0.39, 0.29) is 17.6 Å². The van der Waals surface area contributed by atoms with Crippen LogP contribution < -0.4 is 5.32 Å². The Labute approximate surface area is 151 Å². The number of ketones is 1. The van der Waals surface area contributed by atoms with E-state index in [2.05, 4.69) is 22.1 Å². The van der Waals surface area contributed by atoms with Crippen molar-refractivity contribution in [2.45, 2.75) is 43.9 Å². The molecule has 0 bridgehead atoms. The Morgan fingerprint density at radius 2 is 2.04 bits per heavy atom. The number of nitrogens with one attached hydrogen (secondary N) is 1. The Balaban J connectivity index is 1.79. The topological polar surface area (TPSA) is 46.2 Å². The fourth-order valence-electron chi connectivity index (χ4n) is 4.18. The van der Waals surface area contributed by atoms with Gasteiger partial charge in [0, 0.05) is 18.0 Å². The van der Waals surface area contributed by atoms with Crippen molar-refractivity contribution in [1.29, 1.82) is 0 Å². The van der Waals surface area contributed by atoms with Crippen LogP contribution in [-0.4, -0.2) is 11.7 Å². The Hall–Kier alpha value is -2.20. The molecule has 25 heavy (non-hydrogen) atoms. The van der Waals surface area contributed by atoms with Gasteiger partial charge in [-0.3, -0.25) is 9.59 Å². The molecule has 0 fully saturated rings. The number of amides is 1. The molecule has 1 aromatic carbocycles. The lowest BCUT2D eigenvalue weighted by molar-refractivity contribution is -0.121. The highest BCUT2D eigenvalue weighted by Gasteiger charge is 2.49. The molecule has 1 amide bonds. The lowest BCUT2D eigenvalue weighted by Gasteiger charge is -2.33. The molecule has 0 saturated carbocycles. The lowest BCUT2D eigenvalue weighted by Crippen LogP contribution is -2.38. The van der Waals surface area contributed by atoms with Crippen molar-refractivity contribution in [2.24, 2.45) is 0 Å². The summed E-state index contributed by atoms with van der Waals surface area (Å²) in [5.41, 5.74) is 3.69. The molecule has 4 heteroatoms. The number of hydrogen-bond acceptors (Lipinski definition) is 3. The van der Waals surface area contributed by atoms with E-state index in [9.17, 15) is 9.59 Å². The highest BCUT2D eigenvalue weighted by molar-refractivity contribution is 7.08. The van der Waals surface area contributed by atoms with Crippen LogP contribution in [0.15, 0.2) is 52.7 Å². The summed E-state index contributed by atoms with van der Waals surface area (Å²) in [6.45, 7) is 2.04. The smallest absolute Gasteiger partial charge is 0.235 e. The molecule has 2 aliphatic rings. The van der Waals surface area contributed by atoms with E-state index in [1.807, 2.05) is 37.3 Å². The third-order valence-electron chi connectivity index (χ3n) is 5.60. The summed E-state index contributed by atoms with van der Waals surface area (Å²) in [5.74, 6) is 0.291. The van der Waals surface area contributed by atoms with Crippen molar-refractivity contribution in [1.82, 2.24) is 0 Å². The Morgan fingerprint density at radius 3 is 2.80 bits per heavy atom. The Morgan fingerprint density at radius 1 is 1.20 bits per heavy atom. The molecule has 0 saturated heterocycles. The van der Waals surface area contributed by atoms with Gasteiger partial charge in [-0.1, -0.05) is 23.8 Å². The van der Waals surface area contributed by atoms with Gasteiger partial charge in [0.25, 0.3) is 0 Å². The van der Waals surface area contributed by atoms with E-state index in [4.69, 9.17) is 0 Å². The lowest BCUT2D eigenvalue weighted by atomic mass is 9.67. The maximum Gasteiger partial charge on any atom is 0.235 e. The summed E-state index contributed by atoms with van der Waals surface area (Å²) in [5, 5.41) is 7.25. The highest BCUT2D eigenvalue weighted by Crippen LogP contribution is 2.50. The number of thiophene rings is 1. The first kappa shape index (κ1) is 16.3. The normalized spacial score (nSPS) is 23.8. The molecule has 2 aromatic rings. The zero-order chi connectivity index (χ0) is 17.4. The summed E-state index contributed by atoms with van der Waals surface area (Å²) in [4.78, 5) is 24.9. The van der Waals surface area contributed by atoms with Gasteiger partial charge in [-0.15, -0.1) is 0 Å². The van der Waals surface area contributed by atoms with Gasteiger partial charge in [-0.05, 0) is 66.3 Å². The standard InChI is InChI=1S/C21H21NO2S/c1-21(17-7-2-3-8-19(17)22-20(21)24)18(15-9-10-25-13-15)12-14-5-4-6-16(23)11-14/h2-3,7-11,13,18H,4-6,12H2,1H3,(H,22,24)/t18-,21-/m1/s1. The zero-order valence-electron chi connectivity index (χ0n) is 14.2. The second-order valence-electron chi connectivity index (χ2n) is 7.14. The predicted molar refractivity (Wildman–Crippen MR) is 101 cm³/mol. The van der Waals surface area contributed by atoms with Crippen molar-refractivity contribution >= 4 is 28.7 Å². The number of para-hydroxylation sites is 1. The fourth-order valence-corrected chi connectivity index (χ4v) is 4.89. The first-order chi connectivity index (χ1) is 12.1. The molecule has 2 atom stereocenters. The molecule has 0 spiro atoms. The summed E-state index contributed by atoms with van der Waals surface area (Å²) in [7, 11) is 0. The number of fused-ring (bicyclic) bond motifs is 1. The number of carbonyl (C=O) groups excluding carboxylic acids is 2. The predicted octanol–water partition coefficient (Wildman–Crippen LogP) is 4.81. The number of hydrogen-bond donors (Lipinski definition) is 1. The summed E-state index contributed by atoms with van der Waals surface area (Å²) < 4.78 is 0. The largest absolute Gasteiger partial charge is 0.325 e. The van der Waals surface area contributed by atoms with Crippen LogP contribution in [0.3, 0.4) is 0 Å². The summed E-state index contributed by atoms with van der Waals surface area (Å²) >= 11 is 1.65. The molecule has 1 aromatic heterocycles. The second-order valence-corrected chi connectivity index (χ2v) is 7.92. The minimum absolute atomic E-state index is 0.0274. The number of benzene rings is 1. The van der Waals surface area contributed by atoms with Crippen molar-refractivity contribution in [3.05, 3.63) is 63.9 Å². The van der Waals surface area contributed by atoms with E-state index in [0.29, 0.717) is 6.42 Å². The summed E-state index contributed by atoms with van der Waals surface area (Å²) in [6.07, 6.45) is 5.07. The first-order valence-corrected chi connectivity index (χ1v) is 9.68. The molecule has 2 heterocycles. The van der Waals surface area contributed by atoms with Crippen LogP contribution in [0.4, 0.5) is 5.69 Å². The van der Waals surface area contributed by atoms with Gasteiger partial charge in [0.15, 0.2) is 5.78 Å². The molecule has 0 radical (unpaired) electrons. The minimum atomic E-state index is -0.626. The van der Waals surface area contributed by atoms with E-state index in [1.165, 1.54) is 11.1 Å². The monoisotopic (exact) mass is 351 g/mol. The number of rotatable bonds is 4. The van der Waals surface area contributed by atoms with E-state index < -0.39 is 5.41 Å². The average molecular weight is 351 g/mol. The van der Waals surface area contributed by atoms with E-state index in [0.717, 1.165) is 30.5 Å². The Bertz CT molecular complexity index is 853. The molecular formula is C21H21NO2S. The van der Waals surface area contributed by atoms with Crippen LogP contribution in [0.5, 0.6) is 0 Å². The van der Waals surface area contributed by atoms with Gasteiger partial charge < -0.3 is 5.32 Å². The number of carbonyl (C=O) groups is 2. The molecule has 1 aliphatic heterocycles. The van der Waals surface area contributed by atoms with Crippen LogP contribution in [0.25, 0.3) is 0 Å².